The highest BCUT2D eigenvalue weighted by molar-refractivity contribution is 5.86. The second kappa shape index (κ2) is 5.45. The summed E-state index contributed by atoms with van der Waals surface area (Å²) in [5.74, 6) is -1.40. The van der Waals surface area contributed by atoms with Crippen molar-refractivity contribution >= 4 is 10.8 Å². The molecule has 2 aromatic carbocycles. The summed E-state index contributed by atoms with van der Waals surface area (Å²) in [6.45, 7) is 0. The van der Waals surface area contributed by atoms with Gasteiger partial charge in [-0.15, -0.1) is 0 Å². The maximum atomic E-state index is 13.7. The van der Waals surface area contributed by atoms with Gasteiger partial charge in [-0.25, -0.2) is 4.39 Å². The molecule has 0 saturated carbocycles. The third-order valence-electron chi connectivity index (χ3n) is 3.05. The molecular formula is C15H14F3N. The van der Waals surface area contributed by atoms with Crippen LogP contribution in [-0.4, -0.2) is 19.0 Å². The second-order valence-electron chi connectivity index (χ2n) is 4.54. The summed E-state index contributed by atoms with van der Waals surface area (Å²) >= 11 is 0. The maximum Gasteiger partial charge on any atom is 0.303 e. The first-order valence-corrected chi connectivity index (χ1v) is 5.87. The van der Waals surface area contributed by atoms with Crippen LogP contribution in [-0.2, 0) is 0 Å². The quantitative estimate of drug-likeness (QED) is 0.788. The van der Waals surface area contributed by atoms with Crippen molar-refractivity contribution in [3.8, 4) is 0 Å². The van der Waals surface area contributed by atoms with E-state index >= 15 is 0 Å². The third kappa shape index (κ3) is 2.63. The van der Waals surface area contributed by atoms with Gasteiger partial charge < -0.3 is 0 Å². The van der Waals surface area contributed by atoms with Gasteiger partial charge >= 0.3 is 6.08 Å². The molecule has 0 bridgehead atoms. The molecule has 0 amide bonds. The summed E-state index contributed by atoms with van der Waals surface area (Å²) in [6, 6.07) is 11.6. The Hall–Kier alpha value is -1.81. The Kier molecular flexibility index (Phi) is 3.90. The van der Waals surface area contributed by atoms with Crippen LogP contribution >= 0.6 is 0 Å². The van der Waals surface area contributed by atoms with E-state index in [0.29, 0.717) is 5.56 Å². The molecule has 100 valence electrons. The Balaban J connectivity index is 2.67. The number of halogens is 3. The van der Waals surface area contributed by atoms with E-state index < -0.39 is 17.9 Å². The molecule has 0 spiro atoms. The number of likely N-dealkylation sites (N-methyl/N-ethyl adjacent to an activating group) is 1. The van der Waals surface area contributed by atoms with Crippen LogP contribution in [0.25, 0.3) is 10.8 Å². The lowest BCUT2D eigenvalue weighted by Gasteiger charge is -2.24. The van der Waals surface area contributed by atoms with Crippen molar-refractivity contribution in [2.75, 3.05) is 14.1 Å². The predicted molar refractivity (Wildman–Crippen MR) is 70.7 cm³/mol. The highest BCUT2D eigenvalue weighted by Gasteiger charge is 2.25. The minimum absolute atomic E-state index is 0.536. The number of fused-ring (bicyclic) bond motifs is 1. The molecule has 1 unspecified atom stereocenters. The van der Waals surface area contributed by atoms with E-state index in [2.05, 4.69) is 0 Å². The van der Waals surface area contributed by atoms with E-state index in [1.54, 1.807) is 26.2 Å². The summed E-state index contributed by atoms with van der Waals surface area (Å²) in [5, 5.41) is 1.68. The average Bonchev–Trinajstić information content (AvgIpc) is 2.38. The summed E-state index contributed by atoms with van der Waals surface area (Å²) in [6.07, 6.45) is -2.27. The van der Waals surface area contributed by atoms with Gasteiger partial charge in [-0.05, 0) is 30.4 Å². The van der Waals surface area contributed by atoms with Gasteiger partial charge in [0.05, 0.1) is 6.04 Å². The Bertz CT molecular complexity index is 610. The van der Waals surface area contributed by atoms with E-state index in [1.807, 2.05) is 30.3 Å². The van der Waals surface area contributed by atoms with Crippen molar-refractivity contribution in [2.45, 2.75) is 6.04 Å². The van der Waals surface area contributed by atoms with Crippen molar-refractivity contribution < 1.29 is 13.2 Å². The van der Waals surface area contributed by atoms with Crippen molar-refractivity contribution in [1.29, 1.82) is 0 Å². The Morgan fingerprint density at radius 2 is 1.58 bits per heavy atom. The lowest BCUT2D eigenvalue weighted by molar-refractivity contribution is 0.265. The summed E-state index contributed by atoms with van der Waals surface area (Å²) < 4.78 is 38.9. The number of nitrogens with zero attached hydrogens (tertiary/aromatic N) is 1. The van der Waals surface area contributed by atoms with Crippen LogP contribution in [0.1, 0.15) is 11.6 Å². The molecule has 4 heteroatoms. The number of rotatable bonds is 3. The van der Waals surface area contributed by atoms with Crippen LogP contribution in [0.3, 0.4) is 0 Å². The molecule has 2 aromatic rings. The molecule has 0 aliphatic rings. The molecule has 0 aromatic heterocycles. The molecule has 0 saturated heterocycles. The predicted octanol–water partition coefficient (Wildman–Crippen LogP) is 4.52. The van der Waals surface area contributed by atoms with Crippen LogP contribution in [0.2, 0.25) is 0 Å². The van der Waals surface area contributed by atoms with Crippen LogP contribution in [0.5, 0.6) is 0 Å². The summed E-state index contributed by atoms with van der Waals surface area (Å²) in [7, 11) is 3.16. The fraction of sp³-hybridized carbons (Fsp3) is 0.200. The zero-order valence-electron chi connectivity index (χ0n) is 10.7. The Labute approximate surface area is 110 Å². The van der Waals surface area contributed by atoms with Crippen molar-refractivity contribution in [3.05, 3.63) is 59.9 Å². The van der Waals surface area contributed by atoms with Gasteiger partial charge in [0.15, 0.2) is 5.83 Å². The number of benzene rings is 2. The van der Waals surface area contributed by atoms with Crippen molar-refractivity contribution in [3.63, 3.8) is 0 Å². The second-order valence-corrected chi connectivity index (χ2v) is 4.54. The van der Waals surface area contributed by atoms with Crippen LogP contribution in [0.4, 0.5) is 13.2 Å². The van der Waals surface area contributed by atoms with E-state index in [1.165, 1.54) is 4.90 Å². The first kappa shape index (κ1) is 13.6. The molecule has 0 heterocycles. The standard InChI is InChI=1S/C15H14F3N/c1-19(2)14(13(16)15(17)18)12-9-5-7-10-6-3-4-8-11(10)12/h3-9,14H,1-2H3. The topological polar surface area (TPSA) is 3.24 Å². The molecule has 2 rings (SSSR count). The third-order valence-corrected chi connectivity index (χ3v) is 3.05. The zero-order chi connectivity index (χ0) is 14.0. The SMILES string of the molecule is CN(C)C(C(F)=C(F)F)c1cccc2ccccc12. The lowest BCUT2D eigenvalue weighted by Crippen LogP contribution is -2.21. The van der Waals surface area contributed by atoms with Crippen molar-refractivity contribution in [1.82, 2.24) is 4.90 Å². The van der Waals surface area contributed by atoms with Gasteiger partial charge in [0, 0.05) is 0 Å². The van der Waals surface area contributed by atoms with Gasteiger partial charge in [-0.3, -0.25) is 4.90 Å². The minimum atomic E-state index is -2.27. The van der Waals surface area contributed by atoms with Gasteiger partial charge in [-0.1, -0.05) is 42.5 Å². The fourth-order valence-corrected chi connectivity index (χ4v) is 2.23. The van der Waals surface area contributed by atoms with Crippen LogP contribution in [0, 0.1) is 0 Å². The highest BCUT2D eigenvalue weighted by Crippen LogP contribution is 2.34. The maximum absolute atomic E-state index is 13.7. The van der Waals surface area contributed by atoms with E-state index in [9.17, 15) is 13.2 Å². The molecule has 1 atom stereocenters. The molecule has 0 aliphatic carbocycles. The molecule has 0 N–H and O–H groups in total. The van der Waals surface area contributed by atoms with Gasteiger partial charge in [0.2, 0.25) is 0 Å². The number of hydrogen-bond acceptors (Lipinski definition) is 1. The van der Waals surface area contributed by atoms with Gasteiger partial charge in [0.25, 0.3) is 0 Å². The zero-order valence-corrected chi connectivity index (χ0v) is 10.7. The molecule has 0 fully saturated rings. The normalized spacial score (nSPS) is 12.7. The van der Waals surface area contributed by atoms with Gasteiger partial charge in [-0.2, -0.15) is 8.78 Å². The molecule has 1 nitrogen and oxygen atoms in total. The Morgan fingerprint density at radius 1 is 0.947 bits per heavy atom. The van der Waals surface area contributed by atoms with E-state index in [-0.39, 0.29) is 0 Å². The summed E-state index contributed by atoms with van der Waals surface area (Å²) in [4.78, 5) is 1.44. The average molecular weight is 265 g/mol. The molecule has 0 radical (unpaired) electrons. The summed E-state index contributed by atoms with van der Waals surface area (Å²) in [5.41, 5.74) is 0.536. The minimum Gasteiger partial charge on any atom is -0.296 e. The number of hydrogen-bond donors (Lipinski definition) is 0. The molecule has 0 aliphatic heterocycles. The van der Waals surface area contributed by atoms with Crippen molar-refractivity contribution in [2.24, 2.45) is 0 Å². The molecule has 19 heavy (non-hydrogen) atoms. The first-order chi connectivity index (χ1) is 9.02. The smallest absolute Gasteiger partial charge is 0.296 e. The monoisotopic (exact) mass is 265 g/mol. The Morgan fingerprint density at radius 3 is 2.21 bits per heavy atom. The fourth-order valence-electron chi connectivity index (χ4n) is 2.23. The largest absolute Gasteiger partial charge is 0.303 e. The highest BCUT2D eigenvalue weighted by atomic mass is 19.3. The lowest BCUT2D eigenvalue weighted by atomic mass is 9.97. The van der Waals surface area contributed by atoms with Gasteiger partial charge in [0.1, 0.15) is 0 Å². The first-order valence-electron chi connectivity index (χ1n) is 5.87. The molecular weight excluding hydrogens is 251 g/mol. The van der Waals surface area contributed by atoms with E-state index in [0.717, 1.165) is 10.8 Å². The van der Waals surface area contributed by atoms with Crippen LogP contribution in [0.15, 0.2) is 54.4 Å². The van der Waals surface area contributed by atoms with E-state index in [4.69, 9.17) is 0 Å². The van der Waals surface area contributed by atoms with Crippen LogP contribution < -0.4 is 0 Å².